The van der Waals surface area contributed by atoms with Gasteiger partial charge in [0.2, 0.25) is 0 Å². The maximum Gasteiger partial charge on any atom is 0.0772 e. The van der Waals surface area contributed by atoms with Crippen LogP contribution >= 0.6 is 15.9 Å². The Bertz CT molecular complexity index is 405. The minimum absolute atomic E-state index is 0.173. The van der Waals surface area contributed by atoms with Crippen molar-refractivity contribution in [2.24, 2.45) is 0 Å². The second-order valence-electron chi connectivity index (χ2n) is 4.88. The van der Waals surface area contributed by atoms with Crippen LogP contribution in [0.5, 0.6) is 0 Å². The molecule has 1 atom stereocenters. The van der Waals surface area contributed by atoms with E-state index < -0.39 is 6.10 Å². The zero-order valence-corrected chi connectivity index (χ0v) is 12.2. The van der Waals surface area contributed by atoms with Crippen molar-refractivity contribution in [3.05, 3.63) is 28.2 Å². The van der Waals surface area contributed by atoms with Gasteiger partial charge in [0.15, 0.2) is 0 Å². The molecule has 0 unspecified atom stereocenters. The number of anilines is 1. The van der Waals surface area contributed by atoms with Crippen molar-refractivity contribution >= 4 is 21.6 Å². The monoisotopic (exact) mass is 313 g/mol. The number of hydrogen-bond donors (Lipinski definition) is 2. The molecule has 1 aliphatic carbocycles. The van der Waals surface area contributed by atoms with Gasteiger partial charge in [-0.2, -0.15) is 0 Å². The Morgan fingerprint density at radius 2 is 2.17 bits per heavy atom. The summed E-state index contributed by atoms with van der Waals surface area (Å²) < 4.78 is 0.928. The smallest absolute Gasteiger partial charge is 0.0772 e. The van der Waals surface area contributed by atoms with Gasteiger partial charge in [0.1, 0.15) is 0 Å². The first kappa shape index (κ1) is 13.8. The highest BCUT2D eigenvalue weighted by molar-refractivity contribution is 9.10. The summed E-state index contributed by atoms with van der Waals surface area (Å²) in [7, 11) is 0. The van der Waals surface area contributed by atoms with Crippen molar-refractivity contribution < 1.29 is 10.2 Å². The molecule has 0 aromatic heterocycles. The molecule has 100 valence electrons. The van der Waals surface area contributed by atoms with Gasteiger partial charge in [0, 0.05) is 22.7 Å². The molecule has 1 saturated carbocycles. The largest absolute Gasteiger partial charge is 0.395 e. The Kier molecular flexibility index (Phi) is 4.65. The van der Waals surface area contributed by atoms with E-state index in [-0.39, 0.29) is 6.61 Å². The van der Waals surface area contributed by atoms with Crippen LogP contribution in [-0.2, 0) is 0 Å². The van der Waals surface area contributed by atoms with Crippen LogP contribution in [0.25, 0.3) is 0 Å². The highest BCUT2D eigenvalue weighted by Crippen LogP contribution is 2.33. The van der Waals surface area contributed by atoms with E-state index in [1.54, 1.807) is 6.92 Å². The molecule has 2 N–H and O–H groups in total. The maximum absolute atomic E-state index is 9.62. The number of nitrogens with zero attached hydrogens (tertiary/aromatic N) is 1. The van der Waals surface area contributed by atoms with Gasteiger partial charge < -0.3 is 15.1 Å². The van der Waals surface area contributed by atoms with E-state index in [9.17, 15) is 10.2 Å². The fourth-order valence-corrected chi connectivity index (χ4v) is 3.06. The summed E-state index contributed by atoms with van der Waals surface area (Å²) in [4.78, 5) is 2.26. The van der Waals surface area contributed by atoms with Crippen molar-refractivity contribution in [2.45, 2.75) is 38.3 Å². The van der Waals surface area contributed by atoms with Crippen LogP contribution in [0, 0.1) is 0 Å². The van der Waals surface area contributed by atoms with E-state index in [2.05, 4.69) is 20.8 Å². The molecule has 0 amide bonds. The molecule has 0 spiro atoms. The summed E-state index contributed by atoms with van der Waals surface area (Å²) in [5.41, 5.74) is 2.02. The predicted octanol–water partition coefficient (Wildman–Crippen LogP) is 2.85. The molecule has 0 heterocycles. The molecule has 1 fully saturated rings. The number of halogens is 1. The lowest BCUT2D eigenvalue weighted by atomic mass is 9.91. The van der Waals surface area contributed by atoms with Crippen molar-refractivity contribution in [2.75, 3.05) is 18.1 Å². The molecule has 0 radical (unpaired) electrons. The van der Waals surface area contributed by atoms with Crippen molar-refractivity contribution in [1.82, 2.24) is 0 Å². The molecule has 3 nitrogen and oxygen atoms in total. The molecule has 18 heavy (non-hydrogen) atoms. The molecule has 4 heteroatoms. The van der Waals surface area contributed by atoms with Gasteiger partial charge in [-0.3, -0.25) is 0 Å². The van der Waals surface area contributed by atoms with E-state index >= 15 is 0 Å². The molecule has 0 saturated heterocycles. The average molecular weight is 314 g/mol. The Hall–Kier alpha value is -0.580. The van der Waals surface area contributed by atoms with Crippen LogP contribution in [0.15, 0.2) is 22.7 Å². The fraction of sp³-hybridized carbons (Fsp3) is 0.571. The standard InChI is InChI=1S/C14H20BrNO2/c1-10(18)13-6-5-12(9-14(13)15)16(7-8-17)11-3-2-4-11/h5-6,9-11,17-18H,2-4,7-8H2,1H3/t10-/m0/s1. The molecule has 2 rings (SSSR count). The Balaban J connectivity index is 2.22. The molecular formula is C14H20BrNO2. The van der Waals surface area contributed by atoms with Crippen molar-refractivity contribution in [1.29, 1.82) is 0 Å². The van der Waals surface area contributed by atoms with Crippen molar-refractivity contribution in [3.63, 3.8) is 0 Å². The van der Waals surface area contributed by atoms with Crippen molar-refractivity contribution in [3.8, 4) is 0 Å². The van der Waals surface area contributed by atoms with Crippen LogP contribution in [0.4, 0.5) is 5.69 Å². The minimum Gasteiger partial charge on any atom is -0.395 e. The van der Waals surface area contributed by atoms with Gasteiger partial charge >= 0.3 is 0 Å². The Labute approximate surface area is 117 Å². The molecule has 1 aliphatic rings. The molecule has 0 aliphatic heterocycles. The molecule has 0 bridgehead atoms. The molecule has 1 aromatic rings. The first-order valence-corrected chi connectivity index (χ1v) is 7.27. The summed E-state index contributed by atoms with van der Waals surface area (Å²) in [5.74, 6) is 0. The van der Waals surface area contributed by atoms with Crippen LogP contribution in [-0.4, -0.2) is 29.4 Å². The number of aliphatic hydroxyl groups is 2. The summed E-state index contributed by atoms with van der Waals surface area (Å²) in [6.07, 6.45) is 3.22. The lowest BCUT2D eigenvalue weighted by Crippen LogP contribution is -2.41. The number of rotatable bonds is 5. The number of hydrogen-bond acceptors (Lipinski definition) is 3. The van der Waals surface area contributed by atoms with Gasteiger partial charge in [0.25, 0.3) is 0 Å². The van der Waals surface area contributed by atoms with E-state index in [4.69, 9.17) is 0 Å². The van der Waals surface area contributed by atoms with Gasteiger partial charge in [-0.05, 0) is 43.9 Å². The van der Waals surface area contributed by atoms with Crippen LogP contribution in [0.1, 0.15) is 37.9 Å². The van der Waals surface area contributed by atoms with E-state index in [0.717, 1.165) is 15.7 Å². The van der Waals surface area contributed by atoms with Gasteiger partial charge in [-0.15, -0.1) is 0 Å². The quantitative estimate of drug-likeness (QED) is 0.878. The number of aliphatic hydroxyl groups excluding tert-OH is 2. The normalized spacial score (nSPS) is 17.3. The van der Waals surface area contributed by atoms with Crippen LogP contribution in [0.2, 0.25) is 0 Å². The summed E-state index contributed by atoms with van der Waals surface area (Å²) in [5, 5.41) is 18.8. The second kappa shape index (κ2) is 6.04. The maximum atomic E-state index is 9.62. The third kappa shape index (κ3) is 2.87. The van der Waals surface area contributed by atoms with Crippen LogP contribution in [0.3, 0.4) is 0 Å². The predicted molar refractivity (Wildman–Crippen MR) is 76.8 cm³/mol. The minimum atomic E-state index is -0.469. The second-order valence-corrected chi connectivity index (χ2v) is 5.74. The topological polar surface area (TPSA) is 43.7 Å². The summed E-state index contributed by atoms with van der Waals surface area (Å²) in [6.45, 7) is 2.61. The Morgan fingerprint density at radius 1 is 1.44 bits per heavy atom. The van der Waals surface area contributed by atoms with E-state index in [1.807, 2.05) is 18.2 Å². The fourth-order valence-electron chi connectivity index (χ4n) is 2.36. The average Bonchev–Trinajstić information content (AvgIpc) is 2.25. The first-order valence-electron chi connectivity index (χ1n) is 6.48. The third-order valence-corrected chi connectivity index (χ3v) is 4.31. The molecule has 1 aromatic carbocycles. The summed E-state index contributed by atoms with van der Waals surface area (Å²) in [6, 6.07) is 6.57. The Morgan fingerprint density at radius 3 is 2.61 bits per heavy atom. The summed E-state index contributed by atoms with van der Waals surface area (Å²) >= 11 is 3.51. The zero-order chi connectivity index (χ0) is 13.1. The van der Waals surface area contributed by atoms with E-state index in [0.29, 0.717) is 12.6 Å². The molecular weight excluding hydrogens is 294 g/mol. The highest BCUT2D eigenvalue weighted by Gasteiger charge is 2.25. The third-order valence-electron chi connectivity index (χ3n) is 3.62. The number of benzene rings is 1. The highest BCUT2D eigenvalue weighted by atomic mass is 79.9. The van der Waals surface area contributed by atoms with E-state index in [1.165, 1.54) is 19.3 Å². The van der Waals surface area contributed by atoms with Gasteiger partial charge in [-0.1, -0.05) is 22.0 Å². The van der Waals surface area contributed by atoms with Gasteiger partial charge in [-0.25, -0.2) is 0 Å². The van der Waals surface area contributed by atoms with Gasteiger partial charge in [0.05, 0.1) is 12.7 Å². The lowest BCUT2D eigenvalue weighted by Gasteiger charge is -2.39. The van der Waals surface area contributed by atoms with Crippen LogP contribution < -0.4 is 4.90 Å². The SMILES string of the molecule is C[C@H](O)c1ccc(N(CCO)C2CCC2)cc1Br. The zero-order valence-electron chi connectivity index (χ0n) is 10.6. The lowest BCUT2D eigenvalue weighted by molar-refractivity contribution is 0.198. The first-order chi connectivity index (χ1) is 8.63.